The molecule has 1 aromatic carbocycles. The van der Waals surface area contributed by atoms with E-state index in [-0.39, 0.29) is 5.56 Å². The highest BCUT2D eigenvalue weighted by Crippen LogP contribution is 2.34. The Labute approximate surface area is 171 Å². The average Bonchev–Trinajstić information content (AvgIpc) is 3.13. The largest absolute Gasteiger partial charge is 0.297 e. The number of nitrogens with zero attached hydrogens (tertiary/aromatic N) is 4. The van der Waals surface area contributed by atoms with Gasteiger partial charge in [0.15, 0.2) is 0 Å². The van der Waals surface area contributed by atoms with E-state index < -0.39 is 0 Å². The van der Waals surface area contributed by atoms with Crippen molar-refractivity contribution in [3.05, 3.63) is 74.7 Å². The van der Waals surface area contributed by atoms with E-state index in [1.807, 2.05) is 17.4 Å². The molecule has 1 saturated heterocycles. The van der Waals surface area contributed by atoms with Gasteiger partial charge in [-0.3, -0.25) is 14.1 Å². The van der Waals surface area contributed by atoms with Gasteiger partial charge in [0.2, 0.25) is 0 Å². The van der Waals surface area contributed by atoms with E-state index in [0.717, 1.165) is 37.1 Å². The molecular weight excluding hydrogens is 392 g/mol. The molecule has 5 nitrogen and oxygen atoms in total. The van der Waals surface area contributed by atoms with Crippen LogP contribution in [0.15, 0.2) is 53.5 Å². The molecule has 3 aromatic heterocycles. The van der Waals surface area contributed by atoms with Gasteiger partial charge >= 0.3 is 0 Å². The molecule has 142 valence electrons. The van der Waals surface area contributed by atoms with Crippen molar-refractivity contribution in [3.8, 4) is 0 Å². The SMILES string of the molecule is O=c1cc(CN2CCC(c3nc4ccccc4s3)CC2)nc2ccc(Cl)cn12. The number of hydrogen-bond acceptors (Lipinski definition) is 5. The lowest BCUT2D eigenvalue weighted by Gasteiger charge is -2.30. The fourth-order valence-corrected chi connectivity index (χ4v) is 5.14. The standard InChI is InChI=1S/C21H19ClN4OS/c22-15-5-6-19-23-16(11-20(27)26(19)12-15)13-25-9-7-14(8-10-25)21-24-17-3-1-2-4-18(17)28-21/h1-6,11-12,14H,7-10,13H2. The van der Waals surface area contributed by atoms with E-state index in [1.54, 1.807) is 24.4 Å². The highest BCUT2D eigenvalue weighted by molar-refractivity contribution is 7.18. The fraction of sp³-hybridized carbons (Fsp3) is 0.286. The molecule has 1 aliphatic rings. The van der Waals surface area contributed by atoms with Crippen LogP contribution in [0.5, 0.6) is 0 Å². The van der Waals surface area contributed by atoms with Crippen molar-refractivity contribution in [2.24, 2.45) is 0 Å². The first kappa shape index (κ1) is 17.8. The Balaban J connectivity index is 1.29. The molecule has 0 amide bonds. The van der Waals surface area contributed by atoms with Gasteiger partial charge in [-0.05, 0) is 50.2 Å². The molecule has 1 fully saturated rings. The van der Waals surface area contributed by atoms with E-state index in [0.29, 0.717) is 23.1 Å². The van der Waals surface area contributed by atoms with Gasteiger partial charge in [0.25, 0.3) is 5.56 Å². The Morgan fingerprint density at radius 3 is 2.75 bits per heavy atom. The molecule has 0 spiro atoms. The van der Waals surface area contributed by atoms with Crippen LogP contribution in [0.25, 0.3) is 15.9 Å². The molecule has 0 radical (unpaired) electrons. The van der Waals surface area contributed by atoms with Gasteiger partial charge in [-0.1, -0.05) is 23.7 Å². The molecule has 0 unspecified atom stereocenters. The Bertz CT molecular complexity index is 1180. The van der Waals surface area contributed by atoms with Gasteiger partial charge < -0.3 is 0 Å². The Hall–Kier alpha value is -2.28. The third kappa shape index (κ3) is 3.43. The van der Waals surface area contributed by atoms with Crippen LogP contribution >= 0.6 is 22.9 Å². The second kappa shape index (κ2) is 7.28. The quantitative estimate of drug-likeness (QED) is 0.504. The Morgan fingerprint density at radius 1 is 1.11 bits per heavy atom. The van der Waals surface area contributed by atoms with Crippen molar-refractivity contribution in [2.75, 3.05) is 13.1 Å². The number of aromatic nitrogens is 3. The second-order valence-corrected chi connectivity index (χ2v) is 8.73. The Morgan fingerprint density at radius 2 is 1.93 bits per heavy atom. The van der Waals surface area contributed by atoms with Crippen LogP contribution in [-0.2, 0) is 6.54 Å². The molecule has 0 atom stereocenters. The van der Waals surface area contributed by atoms with Crippen molar-refractivity contribution in [1.29, 1.82) is 0 Å². The van der Waals surface area contributed by atoms with Crippen LogP contribution in [0.4, 0.5) is 0 Å². The summed E-state index contributed by atoms with van der Waals surface area (Å²) >= 11 is 7.79. The minimum Gasteiger partial charge on any atom is -0.297 e. The summed E-state index contributed by atoms with van der Waals surface area (Å²) in [5, 5.41) is 1.78. The number of rotatable bonds is 3. The number of halogens is 1. The van der Waals surface area contributed by atoms with Crippen LogP contribution in [-0.4, -0.2) is 32.4 Å². The van der Waals surface area contributed by atoms with Gasteiger partial charge in [0, 0.05) is 24.7 Å². The molecule has 1 aliphatic heterocycles. The molecule has 0 saturated carbocycles. The van der Waals surface area contributed by atoms with Crippen molar-refractivity contribution in [2.45, 2.75) is 25.3 Å². The van der Waals surface area contributed by atoms with Gasteiger partial charge in [-0.15, -0.1) is 11.3 Å². The predicted octanol–water partition coefficient (Wildman–Crippen LogP) is 4.34. The number of likely N-dealkylation sites (tertiary alicyclic amines) is 1. The van der Waals surface area contributed by atoms with Crippen LogP contribution in [0.1, 0.15) is 29.5 Å². The summed E-state index contributed by atoms with van der Waals surface area (Å²) in [5.74, 6) is 0.519. The zero-order valence-corrected chi connectivity index (χ0v) is 16.8. The smallest absolute Gasteiger partial charge is 0.258 e. The maximum absolute atomic E-state index is 12.4. The molecule has 4 aromatic rings. The second-order valence-electron chi connectivity index (χ2n) is 7.23. The number of fused-ring (bicyclic) bond motifs is 2. The molecule has 4 heterocycles. The summed E-state index contributed by atoms with van der Waals surface area (Å²) in [6, 6.07) is 13.5. The summed E-state index contributed by atoms with van der Waals surface area (Å²) in [7, 11) is 0. The fourth-order valence-electron chi connectivity index (χ4n) is 3.84. The first-order valence-electron chi connectivity index (χ1n) is 9.41. The summed E-state index contributed by atoms with van der Waals surface area (Å²) in [4.78, 5) is 24.2. The van der Waals surface area contributed by atoms with Crippen LogP contribution in [0.3, 0.4) is 0 Å². The molecule has 7 heteroatoms. The van der Waals surface area contributed by atoms with Gasteiger partial charge in [-0.2, -0.15) is 0 Å². The predicted molar refractivity (Wildman–Crippen MR) is 113 cm³/mol. The van der Waals surface area contributed by atoms with Crippen molar-refractivity contribution in [1.82, 2.24) is 19.3 Å². The lowest BCUT2D eigenvalue weighted by Crippen LogP contribution is -2.33. The first-order chi connectivity index (χ1) is 13.7. The average molecular weight is 411 g/mol. The van der Waals surface area contributed by atoms with E-state index in [9.17, 15) is 4.79 Å². The molecule has 28 heavy (non-hydrogen) atoms. The van der Waals surface area contributed by atoms with E-state index in [1.165, 1.54) is 14.1 Å². The van der Waals surface area contributed by atoms with E-state index in [4.69, 9.17) is 16.6 Å². The lowest BCUT2D eigenvalue weighted by molar-refractivity contribution is 0.202. The number of para-hydroxylation sites is 1. The normalized spacial score (nSPS) is 16.2. The summed E-state index contributed by atoms with van der Waals surface area (Å²) in [5.41, 5.74) is 2.46. The number of hydrogen-bond donors (Lipinski definition) is 0. The number of benzene rings is 1. The third-order valence-corrected chi connectivity index (χ3v) is 6.73. The minimum absolute atomic E-state index is 0.0909. The van der Waals surface area contributed by atoms with Crippen molar-refractivity contribution in [3.63, 3.8) is 0 Å². The van der Waals surface area contributed by atoms with Crippen molar-refractivity contribution >= 4 is 38.8 Å². The summed E-state index contributed by atoms with van der Waals surface area (Å²) in [6.07, 6.45) is 3.78. The molecule has 0 bridgehead atoms. The first-order valence-corrected chi connectivity index (χ1v) is 10.6. The summed E-state index contributed by atoms with van der Waals surface area (Å²) < 4.78 is 2.76. The maximum atomic E-state index is 12.4. The van der Waals surface area contributed by atoms with Crippen LogP contribution < -0.4 is 5.56 Å². The molecule has 0 aliphatic carbocycles. The third-order valence-electron chi connectivity index (χ3n) is 5.31. The highest BCUT2D eigenvalue weighted by atomic mass is 35.5. The monoisotopic (exact) mass is 410 g/mol. The van der Waals surface area contributed by atoms with E-state index in [2.05, 4.69) is 28.1 Å². The van der Waals surface area contributed by atoms with Crippen LogP contribution in [0, 0.1) is 0 Å². The van der Waals surface area contributed by atoms with E-state index >= 15 is 0 Å². The molecule has 0 N–H and O–H groups in total. The van der Waals surface area contributed by atoms with Gasteiger partial charge in [0.05, 0.1) is 25.9 Å². The van der Waals surface area contributed by atoms with Gasteiger partial charge in [0.1, 0.15) is 5.65 Å². The Kier molecular flexibility index (Phi) is 4.62. The number of thiazole rings is 1. The zero-order valence-electron chi connectivity index (χ0n) is 15.2. The van der Waals surface area contributed by atoms with Crippen molar-refractivity contribution < 1.29 is 0 Å². The summed E-state index contributed by atoms with van der Waals surface area (Å²) in [6.45, 7) is 2.67. The molecular formula is C21H19ClN4OS. The topological polar surface area (TPSA) is 50.5 Å². The van der Waals surface area contributed by atoms with Crippen LogP contribution in [0.2, 0.25) is 5.02 Å². The van der Waals surface area contributed by atoms with Gasteiger partial charge in [-0.25, -0.2) is 9.97 Å². The number of piperidine rings is 1. The number of pyridine rings is 1. The minimum atomic E-state index is -0.0909. The maximum Gasteiger partial charge on any atom is 0.258 e. The molecule has 5 rings (SSSR count). The zero-order chi connectivity index (χ0) is 19.1. The lowest BCUT2D eigenvalue weighted by atomic mass is 9.97. The highest BCUT2D eigenvalue weighted by Gasteiger charge is 2.23.